The SMILES string of the molecule is COc1cc(Cl)c(C)c(CCCC(=O)O)c1O. The third kappa shape index (κ3) is 3.27. The topological polar surface area (TPSA) is 66.8 Å². The molecule has 0 fully saturated rings. The molecule has 1 aromatic carbocycles. The van der Waals surface area contributed by atoms with Crippen molar-refractivity contribution in [2.24, 2.45) is 0 Å². The Morgan fingerprint density at radius 2 is 2.18 bits per heavy atom. The van der Waals surface area contributed by atoms with Crippen molar-refractivity contribution in [1.29, 1.82) is 0 Å². The molecule has 0 amide bonds. The van der Waals surface area contributed by atoms with Crippen molar-refractivity contribution in [2.75, 3.05) is 7.11 Å². The predicted molar refractivity (Wildman–Crippen MR) is 65.0 cm³/mol. The van der Waals surface area contributed by atoms with E-state index in [9.17, 15) is 9.90 Å². The monoisotopic (exact) mass is 258 g/mol. The second kappa shape index (κ2) is 5.77. The number of methoxy groups -OCH3 is 1. The summed E-state index contributed by atoms with van der Waals surface area (Å²) >= 11 is 6.00. The highest BCUT2D eigenvalue weighted by Crippen LogP contribution is 2.37. The van der Waals surface area contributed by atoms with E-state index in [1.165, 1.54) is 7.11 Å². The van der Waals surface area contributed by atoms with Gasteiger partial charge in [0.25, 0.3) is 0 Å². The molecule has 2 N–H and O–H groups in total. The first-order valence-corrected chi connectivity index (χ1v) is 5.62. The first kappa shape index (κ1) is 13.6. The van der Waals surface area contributed by atoms with Gasteiger partial charge in [-0.1, -0.05) is 11.6 Å². The largest absolute Gasteiger partial charge is 0.504 e. The molecule has 0 saturated carbocycles. The van der Waals surface area contributed by atoms with Gasteiger partial charge in [-0.15, -0.1) is 0 Å². The highest BCUT2D eigenvalue weighted by molar-refractivity contribution is 6.31. The van der Waals surface area contributed by atoms with Crippen LogP contribution >= 0.6 is 11.6 Å². The Balaban J connectivity index is 2.96. The van der Waals surface area contributed by atoms with Crippen molar-refractivity contribution >= 4 is 17.6 Å². The van der Waals surface area contributed by atoms with E-state index in [4.69, 9.17) is 21.4 Å². The van der Waals surface area contributed by atoms with E-state index in [-0.39, 0.29) is 12.2 Å². The predicted octanol–water partition coefficient (Wildman–Crippen LogP) is 2.77. The molecular formula is C12H15ClO4. The summed E-state index contributed by atoms with van der Waals surface area (Å²) in [6, 6.07) is 1.55. The van der Waals surface area contributed by atoms with Crippen molar-refractivity contribution in [3.05, 3.63) is 22.2 Å². The lowest BCUT2D eigenvalue weighted by Crippen LogP contribution is -1.99. The molecule has 0 saturated heterocycles. The van der Waals surface area contributed by atoms with Gasteiger partial charge in [-0.25, -0.2) is 0 Å². The van der Waals surface area contributed by atoms with Crippen LogP contribution in [0, 0.1) is 6.92 Å². The number of rotatable bonds is 5. The summed E-state index contributed by atoms with van der Waals surface area (Å²) in [4.78, 5) is 10.4. The number of aromatic hydroxyl groups is 1. The fraction of sp³-hybridized carbons (Fsp3) is 0.417. The van der Waals surface area contributed by atoms with Gasteiger partial charge >= 0.3 is 5.97 Å². The zero-order valence-electron chi connectivity index (χ0n) is 9.79. The molecule has 94 valence electrons. The molecule has 0 aliphatic rings. The number of carbonyl (C=O) groups is 1. The van der Waals surface area contributed by atoms with Crippen molar-refractivity contribution in [3.63, 3.8) is 0 Å². The van der Waals surface area contributed by atoms with Gasteiger partial charge < -0.3 is 14.9 Å². The number of hydrogen-bond donors (Lipinski definition) is 2. The number of carboxylic acids is 1. The van der Waals surface area contributed by atoms with Gasteiger partial charge in [0, 0.05) is 23.1 Å². The number of aliphatic carboxylic acids is 1. The Bertz CT molecular complexity index is 429. The molecule has 0 atom stereocenters. The lowest BCUT2D eigenvalue weighted by atomic mass is 10.0. The van der Waals surface area contributed by atoms with Crippen LogP contribution in [0.2, 0.25) is 5.02 Å². The van der Waals surface area contributed by atoms with Gasteiger partial charge in [0.15, 0.2) is 11.5 Å². The van der Waals surface area contributed by atoms with E-state index in [0.717, 1.165) is 5.56 Å². The molecule has 0 aliphatic heterocycles. The fourth-order valence-corrected chi connectivity index (χ4v) is 1.85. The zero-order chi connectivity index (χ0) is 13.0. The number of carboxylic acid groups (broad SMARTS) is 1. The van der Waals surface area contributed by atoms with Crippen molar-refractivity contribution < 1.29 is 19.7 Å². The minimum Gasteiger partial charge on any atom is -0.504 e. The van der Waals surface area contributed by atoms with E-state index in [0.29, 0.717) is 29.2 Å². The van der Waals surface area contributed by atoms with Crippen molar-refractivity contribution in [2.45, 2.75) is 26.2 Å². The number of hydrogen-bond acceptors (Lipinski definition) is 3. The Kier molecular flexibility index (Phi) is 4.63. The van der Waals surface area contributed by atoms with E-state index >= 15 is 0 Å². The lowest BCUT2D eigenvalue weighted by Gasteiger charge is -2.13. The summed E-state index contributed by atoms with van der Waals surface area (Å²) in [5.41, 5.74) is 1.41. The molecule has 0 unspecified atom stereocenters. The second-order valence-corrected chi connectivity index (χ2v) is 4.17. The first-order valence-electron chi connectivity index (χ1n) is 5.24. The van der Waals surface area contributed by atoms with Crippen molar-refractivity contribution in [3.8, 4) is 11.5 Å². The Morgan fingerprint density at radius 3 is 2.71 bits per heavy atom. The third-order valence-electron chi connectivity index (χ3n) is 2.63. The van der Waals surface area contributed by atoms with Gasteiger partial charge in [-0.05, 0) is 25.3 Å². The second-order valence-electron chi connectivity index (χ2n) is 3.76. The molecule has 0 bridgehead atoms. The smallest absolute Gasteiger partial charge is 0.303 e. The van der Waals surface area contributed by atoms with Gasteiger partial charge in [0.1, 0.15) is 0 Å². The first-order chi connectivity index (χ1) is 7.97. The standard InChI is InChI=1S/C12H15ClO4/c1-7-8(4-3-5-11(14)15)12(16)10(17-2)6-9(7)13/h6,16H,3-5H2,1-2H3,(H,14,15). The maximum atomic E-state index is 10.4. The Morgan fingerprint density at radius 1 is 1.53 bits per heavy atom. The molecule has 1 aromatic rings. The molecule has 0 aromatic heterocycles. The molecule has 17 heavy (non-hydrogen) atoms. The van der Waals surface area contributed by atoms with Crippen LogP contribution in [-0.2, 0) is 11.2 Å². The molecule has 5 heteroatoms. The molecule has 4 nitrogen and oxygen atoms in total. The average molecular weight is 259 g/mol. The minimum absolute atomic E-state index is 0.0415. The van der Waals surface area contributed by atoms with Gasteiger partial charge in [-0.2, -0.15) is 0 Å². The van der Waals surface area contributed by atoms with E-state index in [1.54, 1.807) is 13.0 Å². The number of phenols is 1. The normalized spacial score (nSPS) is 10.3. The van der Waals surface area contributed by atoms with Gasteiger partial charge in [0.05, 0.1) is 7.11 Å². The number of ether oxygens (including phenoxy) is 1. The maximum absolute atomic E-state index is 10.4. The van der Waals surface area contributed by atoms with Crippen LogP contribution in [-0.4, -0.2) is 23.3 Å². The molecule has 0 heterocycles. The molecular weight excluding hydrogens is 244 g/mol. The van der Waals surface area contributed by atoms with Crippen LogP contribution in [0.1, 0.15) is 24.0 Å². The van der Waals surface area contributed by atoms with E-state index in [2.05, 4.69) is 0 Å². The van der Waals surface area contributed by atoms with Crippen LogP contribution in [0.3, 0.4) is 0 Å². The average Bonchev–Trinajstić information content (AvgIpc) is 2.27. The van der Waals surface area contributed by atoms with Gasteiger partial charge in [0.2, 0.25) is 0 Å². The molecule has 0 aliphatic carbocycles. The van der Waals surface area contributed by atoms with Crippen LogP contribution in [0.5, 0.6) is 11.5 Å². The zero-order valence-corrected chi connectivity index (χ0v) is 10.5. The summed E-state index contributed by atoms with van der Waals surface area (Å²) < 4.78 is 5.00. The highest BCUT2D eigenvalue weighted by Gasteiger charge is 2.14. The van der Waals surface area contributed by atoms with E-state index < -0.39 is 5.97 Å². The molecule has 0 radical (unpaired) electrons. The number of halogens is 1. The summed E-state index contributed by atoms with van der Waals surface area (Å²) in [6.45, 7) is 1.79. The number of phenolic OH excluding ortho intramolecular Hbond substituents is 1. The fourth-order valence-electron chi connectivity index (χ4n) is 1.64. The summed E-state index contributed by atoms with van der Waals surface area (Å²) in [5.74, 6) is -0.498. The minimum atomic E-state index is -0.851. The van der Waals surface area contributed by atoms with E-state index in [1.807, 2.05) is 0 Å². The molecule has 1 rings (SSSR count). The van der Waals surface area contributed by atoms with Gasteiger partial charge in [-0.3, -0.25) is 4.79 Å². The van der Waals surface area contributed by atoms with Crippen LogP contribution in [0.25, 0.3) is 0 Å². The quantitative estimate of drug-likeness (QED) is 0.852. The summed E-state index contributed by atoms with van der Waals surface area (Å²) in [7, 11) is 1.45. The highest BCUT2D eigenvalue weighted by atomic mass is 35.5. The lowest BCUT2D eigenvalue weighted by molar-refractivity contribution is -0.137. The van der Waals surface area contributed by atoms with Crippen LogP contribution in [0.4, 0.5) is 0 Å². The number of benzene rings is 1. The van der Waals surface area contributed by atoms with Crippen LogP contribution < -0.4 is 4.74 Å². The Labute approximate surface area is 105 Å². The van der Waals surface area contributed by atoms with Crippen molar-refractivity contribution in [1.82, 2.24) is 0 Å². The molecule has 0 spiro atoms. The third-order valence-corrected chi connectivity index (χ3v) is 3.02. The summed E-state index contributed by atoms with van der Waals surface area (Å²) in [6.07, 6.45) is 0.974. The van der Waals surface area contributed by atoms with Crippen LogP contribution in [0.15, 0.2) is 6.07 Å². The summed E-state index contributed by atoms with van der Waals surface area (Å²) in [5, 5.41) is 19.0. The Hall–Kier alpha value is -1.42. The maximum Gasteiger partial charge on any atom is 0.303 e.